The van der Waals surface area contributed by atoms with Gasteiger partial charge >= 0.3 is 0 Å². The van der Waals surface area contributed by atoms with Crippen LogP contribution in [0.5, 0.6) is 0 Å². The fourth-order valence-electron chi connectivity index (χ4n) is 1.79. The first-order valence-electron chi connectivity index (χ1n) is 6.15. The molecule has 3 rings (SSSR count). The van der Waals surface area contributed by atoms with E-state index in [1.807, 2.05) is 5.38 Å². The summed E-state index contributed by atoms with van der Waals surface area (Å²) in [6.07, 6.45) is 0. The van der Waals surface area contributed by atoms with E-state index >= 15 is 0 Å². The number of aromatic nitrogens is 1. The van der Waals surface area contributed by atoms with Gasteiger partial charge in [-0.15, -0.1) is 22.7 Å². The molecular weight excluding hydrogens is 454 g/mol. The van der Waals surface area contributed by atoms with Crippen molar-refractivity contribution in [3.63, 3.8) is 0 Å². The number of hydrogen-bond acceptors (Lipinski definition) is 5. The highest BCUT2D eigenvalue weighted by atomic mass is 35.5. The molecule has 1 N–H and O–H groups in total. The number of nitrogens with one attached hydrogen (secondary N) is 1. The molecule has 0 saturated carbocycles. The van der Waals surface area contributed by atoms with Gasteiger partial charge in [0.2, 0.25) is 0 Å². The first kappa shape index (κ1) is 18.3. The predicted molar refractivity (Wildman–Crippen MR) is 103 cm³/mol. The third-order valence-electron chi connectivity index (χ3n) is 2.86. The SMILES string of the molecule is O=S(=O)(Nc1nc(-c2sccc2Cl)cs1)c1ccc(Cl)c(Cl)c1Cl. The Hall–Kier alpha value is -0.540. The second kappa shape index (κ2) is 6.99. The van der Waals surface area contributed by atoms with Gasteiger partial charge in [-0.25, -0.2) is 13.4 Å². The van der Waals surface area contributed by atoms with Gasteiger partial charge in [-0.3, -0.25) is 4.72 Å². The molecule has 0 radical (unpaired) electrons. The number of halogens is 4. The third-order valence-corrected chi connectivity index (χ3v) is 7.90. The van der Waals surface area contributed by atoms with Crippen LogP contribution in [0.15, 0.2) is 33.9 Å². The smallest absolute Gasteiger partial charge is 0.255 e. The highest BCUT2D eigenvalue weighted by Gasteiger charge is 2.23. The Morgan fingerprint density at radius 2 is 1.71 bits per heavy atom. The van der Waals surface area contributed by atoms with E-state index in [0.29, 0.717) is 10.7 Å². The molecule has 0 saturated heterocycles. The zero-order valence-corrected chi connectivity index (χ0v) is 16.9. The second-order valence-corrected chi connectivity index (χ2v) is 9.41. The second-order valence-electron chi connectivity index (χ2n) is 4.41. The molecule has 1 aromatic carbocycles. The van der Waals surface area contributed by atoms with Crippen LogP contribution in [0, 0.1) is 0 Å². The van der Waals surface area contributed by atoms with Gasteiger partial charge in [-0.1, -0.05) is 46.4 Å². The molecule has 2 aromatic heterocycles. The standard InChI is InChI=1S/C13H6Cl4N2O2S3/c14-6-1-2-9(11(17)10(6)16)24(20,21)19-13-18-8(5-23-13)12-7(15)3-4-22-12/h1-5H,(H,18,19). The molecular formula is C13H6Cl4N2O2S3. The minimum Gasteiger partial charge on any atom is -0.255 e. The van der Waals surface area contributed by atoms with Gasteiger partial charge in [0.1, 0.15) is 4.90 Å². The summed E-state index contributed by atoms with van der Waals surface area (Å²) in [5, 5.41) is 4.30. The van der Waals surface area contributed by atoms with E-state index in [9.17, 15) is 8.42 Å². The molecule has 0 aliphatic heterocycles. The number of rotatable bonds is 4. The predicted octanol–water partition coefficient (Wildman–Crippen LogP) is 6.29. The lowest BCUT2D eigenvalue weighted by molar-refractivity contribution is 0.601. The largest absolute Gasteiger partial charge is 0.265 e. The lowest BCUT2D eigenvalue weighted by atomic mass is 10.4. The van der Waals surface area contributed by atoms with Gasteiger partial charge in [0, 0.05) is 5.38 Å². The highest BCUT2D eigenvalue weighted by molar-refractivity contribution is 7.93. The van der Waals surface area contributed by atoms with Crippen LogP contribution in [0.1, 0.15) is 0 Å². The van der Waals surface area contributed by atoms with Gasteiger partial charge in [-0.05, 0) is 23.6 Å². The van der Waals surface area contributed by atoms with Crippen LogP contribution in [-0.2, 0) is 10.0 Å². The Kier molecular flexibility index (Phi) is 5.32. The Morgan fingerprint density at radius 1 is 0.958 bits per heavy atom. The number of hydrogen-bond donors (Lipinski definition) is 1. The van der Waals surface area contributed by atoms with Crippen LogP contribution in [0.4, 0.5) is 5.13 Å². The maximum absolute atomic E-state index is 12.5. The molecule has 0 fully saturated rings. The van der Waals surface area contributed by atoms with Crippen molar-refractivity contribution >= 4 is 84.2 Å². The van der Waals surface area contributed by atoms with Crippen LogP contribution in [-0.4, -0.2) is 13.4 Å². The molecule has 0 bridgehead atoms. The van der Waals surface area contributed by atoms with E-state index in [2.05, 4.69) is 9.71 Å². The first-order valence-corrected chi connectivity index (χ1v) is 10.9. The van der Waals surface area contributed by atoms with Crippen LogP contribution in [0.3, 0.4) is 0 Å². The van der Waals surface area contributed by atoms with E-state index < -0.39 is 10.0 Å². The maximum atomic E-state index is 12.5. The van der Waals surface area contributed by atoms with Gasteiger partial charge in [0.15, 0.2) is 5.13 Å². The average Bonchev–Trinajstić information content (AvgIpc) is 3.12. The lowest BCUT2D eigenvalue weighted by Crippen LogP contribution is -2.13. The monoisotopic (exact) mass is 458 g/mol. The molecule has 0 amide bonds. The van der Waals surface area contributed by atoms with Crippen LogP contribution in [0.2, 0.25) is 20.1 Å². The van der Waals surface area contributed by atoms with E-state index in [1.54, 1.807) is 11.4 Å². The number of anilines is 1. The zero-order chi connectivity index (χ0) is 17.5. The molecule has 3 aromatic rings. The number of thiazole rings is 1. The summed E-state index contributed by atoms with van der Waals surface area (Å²) in [6, 6.07) is 4.40. The molecule has 126 valence electrons. The summed E-state index contributed by atoms with van der Waals surface area (Å²) >= 11 is 26.3. The lowest BCUT2D eigenvalue weighted by Gasteiger charge is -2.08. The molecule has 0 aliphatic carbocycles. The summed E-state index contributed by atoms with van der Waals surface area (Å²) in [6.45, 7) is 0. The molecule has 24 heavy (non-hydrogen) atoms. The van der Waals surface area contributed by atoms with Crippen molar-refractivity contribution < 1.29 is 8.42 Å². The molecule has 0 atom stereocenters. The Bertz CT molecular complexity index is 1010. The molecule has 4 nitrogen and oxygen atoms in total. The van der Waals surface area contributed by atoms with Crippen molar-refractivity contribution in [3.8, 4) is 10.6 Å². The molecule has 2 heterocycles. The fraction of sp³-hybridized carbons (Fsp3) is 0. The summed E-state index contributed by atoms with van der Waals surface area (Å²) in [5.74, 6) is 0. The van der Waals surface area contributed by atoms with E-state index in [0.717, 1.165) is 16.2 Å². The van der Waals surface area contributed by atoms with Crippen LogP contribution >= 0.6 is 69.1 Å². The number of sulfonamides is 1. The number of nitrogens with zero attached hydrogens (tertiary/aromatic N) is 1. The molecule has 0 unspecified atom stereocenters. The van der Waals surface area contributed by atoms with Crippen molar-refractivity contribution in [1.29, 1.82) is 0 Å². The third kappa shape index (κ3) is 3.53. The Morgan fingerprint density at radius 3 is 2.38 bits per heavy atom. The van der Waals surface area contributed by atoms with E-state index in [4.69, 9.17) is 46.4 Å². The quantitative estimate of drug-likeness (QED) is 0.466. The fourth-order valence-corrected chi connectivity index (χ4v) is 5.91. The maximum Gasteiger partial charge on any atom is 0.265 e. The normalized spacial score (nSPS) is 11.7. The number of thiophene rings is 1. The highest BCUT2D eigenvalue weighted by Crippen LogP contribution is 2.37. The van der Waals surface area contributed by atoms with Crippen molar-refractivity contribution in [1.82, 2.24) is 4.98 Å². The minimum absolute atomic E-state index is 0.0218. The summed E-state index contributed by atoms with van der Waals surface area (Å²) in [7, 11) is -3.96. The zero-order valence-electron chi connectivity index (χ0n) is 11.4. The van der Waals surface area contributed by atoms with Crippen molar-refractivity contribution in [3.05, 3.63) is 49.0 Å². The van der Waals surface area contributed by atoms with Crippen molar-refractivity contribution in [2.45, 2.75) is 4.90 Å². The van der Waals surface area contributed by atoms with Crippen LogP contribution in [0.25, 0.3) is 10.6 Å². The first-order chi connectivity index (χ1) is 11.3. The molecule has 11 heteroatoms. The van der Waals surface area contributed by atoms with E-state index in [1.165, 1.54) is 23.5 Å². The summed E-state index contributed by atoms with van der Waals surface area (Å²) in [5.41, 5.74) is 0.595. The molecule has 0 spiro atoms. The Labute approximate surface area is 166 Å². The molecule has 0 aliphatic rings. The summed E-state index contributed by atoms with van der Waals surface area (Å²) < 4.78 is 27.4. The summed E-state index contributed by atoms with van der Waals surface area (Å²) in [4.78, 5) is 4.84. The Balaban J connectivity index is 1.92. The topological polar surface area (TPSA) is 59.1 Å². The van der Waals surface area contributed by atoms with Crippen molar-refractivity contribution in [2.24, 2.45) is 0 Å². The van der Waals surface area contributed by atoms with Crippen LogP contribution < -0.4 is 4.72 Å². The van der Waals surface area contributed by atoms with Gasteiger partial charge < -0.3 is 0 Å². The van der Waals surface area contributed by atoms with E-state index in [-0.39, 0.29) is 25.1 Å². The van der Waals surface area contributed by atoms with Gasteiger partial charge in [-0.2, -0.15) is 0 Å². The average molecular weight is 460 g/mol. The minimum atomic E-state index is -3.96. The number of benzene rings is 1. The van der Waals surface area contributed by atoms with Crippen molar-refractivity contribution in [2.75, 3.05) is 4.72 Å². The van der Waals surface area contributed by atoms with Gasteiger partial charge in [0.05, 0.1) is 30.7 Å². The van der Waals surface area contributed by atoms with Gasteiger partial charge in [0.25, 0.3) is 10.0 Å².